The molecule has 0 unspecified atom stereocenters. The number of thiazole rings is 1. The van der Waals surface area contributed by atoms with Crippen molar-refractivity contribution in [3.05, 3.63) is 48.5 Å². The molecule has 0 aliphatic heterocycles. The van der Waals surface area contributed by atoms with Crippen LogP contribution in [0.5, 0.6) is 0 Å². The lowest BCUT2D eigenvalue weighted by Gasteiger charge is -2.18. The van der Waals surface area contributed by atoms with Crippen molar-refractivity contribution in [1.29, 1.82) is 0 Å². The van der Waals surface area contributed by atoms with Gasteiger partial charge in [-0.05, 0) is 36.4 Å². The van der Waals surface area contributed by atoms with Crippen molar-refractivity contribution in [2.24, 2.45) is 0 Å². The molecule has 2 heterocycles. The highest BCUT2D eigenvalue weighted by Gasteiger charge is 2.21. The van der Waals surface area contributed by atoms with Gasteiger partial charge in [-0.2, -0.15) is 4.31 Å². The Morgan fingerprint density at radius 1 is 1.10 bits per heavy atom. The van der Waals surface area contributed by atoms with E-state index in [1.165, 1.54) is 28.2 Å². The fraction of sp³-hybridized carbons (Fsp3) is 0.250. The van der Waals surface area contributed by atoms with Crippen LogP contribution in [0.1, 0.15) is 13.8 Å². The van der Waals surface area contributed by atoms with Gasteiger partial charge in [0.2, 0.25) is 20.9 Å². The normalized spacial score (nSPS) is 12.1. The van der Waals surface area contributed by atoms with Crippen LogP contribution in [0.25, 0.3) is 15.2 Å². The molecular formula is C20H21N5O3S3. The molecule has 11 heteroatoms. The van der Waals surface area contributed by atoms with E-state index in [9.17, 15) is 13.2 Å². The summed E-state index contributed by atoms with van der Waals surface area (Å²) in [6, 6.07) is 14.2. The molecular weight excluding hydrogens is 454 g/mol. The zero-order valence-corrected chi connectivity index (χ0v) is 19.4. The number of fused-ring (bicyclic) bond motifs is 3. The number of rotatable bonds is 8. The zero-order chi connectivity index (χ0) is 22.0. The number of carbonyl (C=O) groups excluding carboxylic acids is 1. The van der Waals surface area contributed by atoms with Crippen molar-refractivity contribution in [1.82, 2.24) is 18.9 Å². The van der Waals surface area contributed by atoms with E-state index in [0.29, 0.717) is 23.9 Å². The minimum atomic E-state index is -3.52. The van der Waals surface area contributed by atoms with Crippen molar-refractivity contribution in [2.45, 2.75) is 23.9 Å². The third-order valence-electron chi connectivity index (χ3n) is 4.72. The lowest BCUT2D eigenvalue weighted by Crippen LogP contribution is -2.30. The molecule has 0 aliphatic carbocycles. The van der Waals surface area contributed by atoms with Crippen LogP contribution in [0.2, 0.25) is 0 Å². The summed E-state index contributed by atoms with van der Waals surface area (Å²) in [5.41, 5.74) is 1.55. The molecule has 2 aromatic heterocycles. The summed E-state index contributed by atoms with van der Waals surface area (Å²) in [6.45, 7) is 4.42. The van der Waals surface area contributed by atoms with Crippen LogP contribution in [-0.4, -0.2) is 52.1 Å². The second-order valence-corrected chi connectivity index (χ2v) is 10.5. The van der Waals surface area contributed by atoms with E-state index < -0.39 is 10.0 Å². The molecule has 0 bridgehead atoms. The van der Waals surface area contributed by atoms with Gasteiger partial charge in [0, 0.05) is 18.8 Å². The highest BCUT2D eigenvalue weighted by Crippen LogP contribution is 2.29. The van der Waals surface area contributed by atoms with E-state index in [1.54, 1.807) is 37.3 Å². The molecule has 4 aromatic rings. The first-order valence-corrected chi connectivity index (χ1v) is 12.9. The molecule has 1 N–H and O–H groups in total. The molecule has 0 aliphatic rings. The van der Waals surface area contributed by atoms with Crippen molar-refractivity contribution >= 4 is 59.9 Å². The standard InChI is InChI=1S/C20H21N5O3S3/c1-3-24(4-2)31(27,28)15-11-9-14(10-12-15)21-18(26)13-29-19-22-23-20-25(19)16-7-5-6-8-17(16)30-20/h5-12H,3-4,13H2,1-2H3,(H,21,26). The van der Waals surface area contributed by atoms with Crippen molar-refractivity contribution in [3.63, 3.8) is 0 Å². The van der Waals surface area contributed by atoms with Gasteiger partial charge >= 0.3 is 0 Å². The van der Waals surface area contributed by atoms with Crippen LogP contribution >= 0.6 is 23.1 Å². The number of amides is 1. The Bertz CT molecular complexity index is 1330. The third-order valence-corrected chi connectivity index (χ3v) is 8.73. The summed E-state index contributed by atoms with van der Waals surface area (Å²) in [4.78, 5) is 13.4. The molecule has 0 spiro atoms. The average molecular weight is 476 g/mol. The number of nitrogens with zero attached hydrogens (tertiary/aromatic N) is 4. The molecule has 1 amide bonds. The predicted octanol–water partition coefficient (Wildman–Crippen LogP) is 3.71. The van der Waals surface area contributed by atoms with Gasteiger partial charge < -0.3 is 5.32 Å². The summed E-state index contributed by atoms with van der Waals surface area (Å²) in [6.07, 6.45) is 0. The maximum atomic E-state index is 12.6. The number of sulfonamides is 1. The fourth-order valence-electron chi connectivity index (χ4n) is 3.20. The van der Waals surface area contributed by atoms with E-state index in [-0.39, 0.29) is 16.6 Å². The third kappa shape index (κ3) is 4.31. The molecule has 4 rings (SSSR count). The number of benzene rings is 2. The van der Waals surface area contributed by atoms with Crippen LogP contribution in [0.15, 0.2) is 58.6 Å². The first-order chi connectivity index (χ1) is 14.9. The van der Waals surface area contributed by atoms with Gasteiger partial charge in [-0.1, -0.05) is 49.1 Å². The lowest BCUT2D eigenvalue weighted by molar-refractivity contribution is -0.113. The van der Waals surface area contributed by atoms with Crippen LogP contribution in [-0.2, 0) is 14.8 Å². The number of hydrogen-bond donors (Lipinski definition) is 1. The van der Waals surface area contributed by atoms with Crippen LogP contribution in [0.4, 0.5) is 5.69 Å². The van der Waals surface area contributed by atoms with Crippen LogP contribution in [0.3, 0.4) is 0 Å². The number of anilines is 1. The minimum absolute atomic E-state index is 0.157. The molecule has 31 heavy (non-hydrogen) atoms. The van der Waals surface area contributed by atoms with Crippen molar-refractivity contribution < 1.29 is 13.2 Å². The predicted molar refractivity (Wildman–Crippen MR) is 124 cm³/mol. The number of para-hydroxylation sites is 1. The highest BCUT2D eigenvalue weighted by molar-refractivity contribution is 7.99. The smallest absolute Gasteiger partial charge is 0.243 e. The monoisotopic (exact) mass is 475 g/mol. The second kappa shape index (κ2) is 8.95. The molecule has 0 radical (unpaired) electrons. The van der Waals surface area contributed by atoms with Gasteiger partial charge in [-0.3, -0.25) is 9.20 Å². The van der Waals surface area contributed by atoms with E-state index >= 15 is 0 Å². The first-order valence-electron chi connectivity index (χ1n) is 9.69. The lowest BCUT2D eigenvalue weighted by atomic mass is 10.3. The Balaban J connectivity index is 1.42. The highest BCUT2D eigenvalue weighted by atomic mass is 32.2. The molecule has 162 valence electrons. The van der Waals surface area contributed by atoms with Crippen molar-refractivity contribution in [3.8, 4) is 0 Å². The van der Waals surface area contributed by atoms with E-state index in [2.05, 4.69) is 15.5 Å². The molecule has 8 nitrogen and oxygen atoms in total. The van der Waals surface area contributed by atoms with Crippen LogP contribution in [0, 0.1) is 0 Å². The number of thioether (sulfide) groups is 1. The van der Waals surface area contributed by atoms with Gasteiger partial charge in [0.15, 0.2) is 5.16 Å². The summed E-state index contributed by atoms with van der Waals surface area (Å²) in [5, 5.41) is 11.8. The average Bonchev–Trinajstić information content (AvgIpc) is 3.32. The van der Waals surface area contributed by atoms with Gasteiger partial charge in [0.1, 0.15) is 0 Å². The largest absolute Gasteiger partial charge is 0.325 e. The number of aromatic nitrogens is 3. The Morgan fingerprint density at radius 2 is 1.81 bits per heavy atom. The molecule has 0 fully saturated rings. The van der Waals surface area contributed by atoms with E-state index in [0.717, 1.165) is 15.2 Å². The zero-order valence-electron chi connectivity index (χ0n) is 17.0. The van der Waals surface area contributed by atoms with E-state index in [4.69, 9.17) is 0 Å². The van der Waals surface area contributed by atoms with E-state index in [1.807, 2.05) is 28.7 Å². The van der Waals surface area contributed by atoms with Gasteiger partial charge in [0.25, 0.3) is 0 Å². The first kappa shape index (κ1) is 21.8. The quantitative estimate of drug-likeness (QED) is 0.390. The number of hydrogen-bond acceptors (Lipinski definition) is 7. The molecule has 0 atom stereocenters. The second-order valence-electron chi connectivity index (χ2n) is 6.62. The maximum Gasteiger partial charge on any atom is 0.243 e. The maximum absolute atomic E-state index is 12.6. The Morgan fingerprint density at radius 3 is 2.52 bits per heavy atom. The van der Waals surface area contributed by atoms with Crippen LogP contribution < -0.4 is 5.32 Å². The van der Waals surface area contributed by atoms with Gasteiger partial charge in [-0.15, -0.1) is 10.2 Å². The summed E-state index contributed by atoms with van der Waals surface area (Å²) < 4.78 is 29.6. The molecule has 2 aromatic carbocycles. The Hall–Kier alpha value is -2.47. The summed E-state index contributed by atoms with van der Waals surface area (Å²) in [7, 11) is -3.52. The SMILES string of the molecule is CCN(CC)S(=O)(=O)c1ccc(NC(=O)CSc2nnc3sc4ccccc4n23)cc1. The van der Waals surface area contributed by atoms with Crippen molar-refractivity contribution in [2.75, 3.05) is 24.2 Å². The van der Waals surface area contributed by atoms with Gasteiger partial charge in [0.05, 0.1) is 20.9 Å². The topological polar surface area (TPSA) is 96.7 Å². The van der Waals surface area contributed by atoms with Gasteiger partial charge in [-0.25, -0.2) is 8.42 Å². The number of nitrogens with one attached hydrogen (secondary N) is 1. The fourth-order valence-corrected chi connectivity index (χ4v) is 6.42. The molecule has 0 saturated heterocycles. The summed E-state index contributed by atoms with van der Waals surface area (Å²) in [5.74, 6) is -0.0505. The Kier molecular flexibility index (Phi) is 6.28. The number of carbonyl (C=O) groups is 1. The summed E-state index contributed by atoms with van der Waals surface area (Å²) >= 11 is 2.85. The molecule has 0 saturated carbocycles. The Labute approximate surface area is 188 Å². The minimum Gasteiger partial charge on any atom is -0.325 e.